The number of anilines is 1. The largest absolute Gasteiger partial charge is 0.395 e. The summed E-state index contributed by atoms with van der Waals surface area (Å²) < 4.78 is 0. The second-order valence-electron chi connectivity index (χ2n) is 5.84. The van der Waals surface area contributed by atoms with Gasteiger partial charge in [-0.15, -0.1) is 0 Å². The number of likely N-dealkylation sites (tertiary alicyclic amines) is 1. The zero-order chi connectivity index (χ0) is 14.2. The number of aromatic nitrogens is 1. The van der Waals surface area contributed by atoms with Crippen LogP contribution in [0.3, 0.4) is 0 Å². The van der Waals surface area contributed by atoms with Gasteiger partial charge in [0.1, 0.15) is 0 Å². The van der Waals surface area contributed by atoms with E-state index >= 15 is 0 Å². The van der Waals surface area contributed by atoms with E-state index in [-0.39, 0.29) is 12.6 Å². The van der Waals surface area contributed by atoms with Crippen molar-refractivity contribution in [1.82, 2.24) is 9.88 Å². The van der Waals surface area contributed by atoms with Crippen molar-refractivity contribution < 1.29 is 5.11 Å². The lowest BCUT2D eigenvalue weighted by Gasteiger charge is -2.57. The molecule has 0 saturated carbocycles. The quantitative estimate of drug-likeness (QED) is 0.901. The lowest BCUT2D eigenvalue weighted by Crippen LogP contribution is -2.66. The van der Waals surface area contributed by atoms with Crippen LogP contribution in [0.4, 0.5) is 5.69 Å². The molecule has 3 atom stereocenters. The number of para-hydroxylation sites is 1. The molecule has 2 aromatic rings. The summed E-state index contributed by atoms with van der Waals surface area (Å²) in [5.41, 5.74) is 3.77. The molecule has 0 aliphatic carbocycles. The Morgan fingerprint density at radius 3 is 2.95 bits per heavy atom. The Morgan fingerprint density at radius 1 is 1.24 bits per heavy atom. The Balaban J connectivity index is 1.60. The number of rotatable bonds is 3. The lowest BCUT2D eigenvalue weighted by atomic mass is 9.72. The van der Waals surface area contributed by atoms with Gasteiger partial charge in [-0.1, -0.05) is 24.3 Å². The zero-order valence-corrected chi connectivity index (χ0v) is 11.8. The topological polar surface area (TPSA) is 48.4 Å². The van der Waals surface area contributed by atoms with Crippen LogP contribution in [0.15, 0.2) is 48.8 Å². The number of benzene rings is 1. The number of aliphatic hydroxyl groups excluding tert-OH is 1. The molecule has 1 fully saturated rings. The van der Waals surface area contributed by atoms with E-state index < -0.39 is 0 Å². The zero-order valence-electron chi connectivity index (χ0n) is 11.8. The molecule has 1 aromatic heterocycles. The van der Waals surface area contributed by atoms with E-state index in [1.165, 1.54) is 16.8 Å². The molecule has 4 nitrogen and oxygen atoms in total. The highest BCUT2D eigenvalue weighted by molar-refractivity contribution is 5.57. The highest BCUT2D eigenvalue weighted by atomic mass is 16.3. The van der Waals surface area contributed by atoms with Crippen LogP contribution in [-0.2, 0) is 6.54 Å². The van der Waals surface area contributed by atoms with Gasteiger partial charge in [0, 0.05) is 49.2 Å². The van der Waals surface area contributed by atoms with Crippen LogP contribution in [-0.4, -0.2) is 40.2 Å². The van der Waals surface area contributed by atoms with Crippen molar-refractivity contribution in [3.63, 3.8) is 0 Å². The van der Waals surface area contributed by atoms with E-state index in [4.69, 9.17) is 0 Å². The van der Waals surface area contributed by atoms with Crippen molar-refractivity contribution in [3.8, 4) is 0 Å². The van der Waals surface area contributed by atoms with Gasteiger partial charge in [-0.25, -0.2) is 0 Å². The molecule has 108 valence electrons. The van der Waals surface area contributed by atoms with Crippen LogP contribution in [0.1, 0.15) is 17.0 Å². The number of pyridine rings is 1. The molecule has 1 saturated heterocycles. The van der Waals surface area contributed by atoms with E-state index in [9.17, 15) is 5.11 Å². The van der Waals surface area contributed by atoms with Crippen LogP contribution in [0.5, 0.6) is 0 Å². The van der Waals surface area contributed by atoms with E-state index in [2.05, 4.69) is 45.5 Å². The van der Waals surface area contributed by atoms with Crippen LogP contribution < -0.4 is 5.32 Å². The van der Waals surface area contributed by atoms with Crippen LogP contribution in [0, 0.1) is 0 Å². The number of nitrogens with one attached hydrogen (secondary N) is 1. The van der Waals surface area contributed by atoms with Gasteiger partial charge in [0.2, 0.25) is 0 Å². The summed E-state index contributed by atoms with van der Waals surface area (Å²) in [4.78, 5) is 6.58. The van der Waals surface area contributed by atoms with Gasteiger partial charge in [0.25, 0.3) is 0 Å². The predicted octanol–water partition coefficient (Wildman–Crippen LogP) is 1.84. The highest BCUT2D eigenvalue weighted by Crippen LogP contribution is 2.46. The minimum absolute atomic E-state index is 0.204. The summed E-state index contributed by atoms with van der Waals surface area (Å²) in [5.74, 6) is 0.434. The number of hydrogen-bond acceptors (Lipinski definition) is 4. The minimum Gasteiger partial charge on any atom is -0.395 e. The van der Waals surface area contributed by atoms with Crippen molar-refractivity contribution in [2.24, 2.45) is 0 Å². The molecule has 0 radical (unpaired) electrons. The molecular formula is C17H19N3O. The summed E-state index contributed by atoms with van der Waals surface area (Å²) in [7, 11) is 0. The molecule has 1 aromatic carbocycles. The van der Waals surface area contributed by atoms with Gasteiger partial charge in [-0.05, 0) is 23.3 Å². The maximum atomic E-state index is 9.82. The molecule has 4 heteroatoms. The van der Waals surface area contributed by atoms with Crippen molar-refractivity contribution in [1.29, 1.82) is 0 Å². The third-order valence-corrected chi connectivity index (χ3v) is 4.78. The molecule has 0 spiro atoms. The Hall–Kier alpha value is -1.91. The van der Waals surface area contributed by atoms with E-state index in [0.717, 1.165) is 13.1 Å². The van der Waals surface area contributed by atoms with Crippen molar-refractivity contribution >= 4 is 5.69 Å². The number of fused-ring (bicyclic) bond motifs is 3. The van der Waals surface area contributed by atoms with E-state index in [1.807, 2.05) is 12.3 Å². The molecule has 21 heavy (non-hydrogen) atoms. The van der Waals surface area contributed by atoms with Crippen molar-refractivity contribution in [2.75, 3.05) is 18.5 Å². The fraction of sp³-hybridized carbons (Fsp3) is 0.353. The standard InChI is InChI=1S/C17H19N3O/c21-11-16-17-13-5-1-2-6-14(13)19-9-15(17)20(16)10-12-4-3-7-18-8-12/h1-8,15-17,19,21H,9-11H2/t15-,16-,17+/m0/s1. The Morgan fingerprint density at radius 2 is 2.14 bits per heavy atom. The fourth-order valence-corrected chi connectivity index (χ4v) is 3.79. The SMILES string of the molecule is OC[C@H]1[C@@H]2c3ccccc3NC[C@@H]2N1Cc1cccnc1. The molecule has 2 aliphatic rings. The van der Waals surface area contributed by atoms with Crippen molar-refractivity contribution in [3.05, 3.63) is 59.9 Å². The van der Waals surface area contributed by atoms with Gasteiger partial charge >= 0.3 is 0 Å². The number of aliphatic hydroxyl groups is 1. The minimum atomic E-state index is 0.204. The first-order valence-corrected chi connectivity index (χ1v) is 7.47. The van der Waals surface area contributed by atoms with Gasteiger partial charge in [-0.2, -0.15) is 0 Å². The third-order valence-electron chi connectivity index (χ3n) is 4.78. The summed E-state index contributed by atoms with van der Waals surface area (Å²) in [6, 6.07) is 13.2. The number of hydrogen-bond donors (Lipinski definition) is 2. The molecule has 2 N–H and O–H groups in total. The monoisotopic (exact) mass is 281 g/mol. The maximum absolute atomic E-state index is 9.82. The normalized spacial score (nSPS) is 27.2. The maximum Gasteiger partial charge on any atom is 0.0593 e. The second kappa shape index (κ2) is 5.13. The first kappa shape index (κ1) is 12.8. The Bertz CT molecular complexity index is 631. The van der Waals surface area contributed by atoms with Gasteiger partial charge in [-0.3, -0.25) is 9.88 Å². The van der Waals surface area contributed by atoms with Gasteiger partial charge in [0.05, 0.1) is 6.61 Å². The average molecular weight is 281 g/mol. The molecule has 3 heterocycles. The van der Waals surface area contributed by atoms with Crippen molar-refractivity contribution in [2.45, 2.75) is 24.5 Å². The van der Waals surface area contributed by atoms with E-state index in [1.54, 1.807) is 6.20 Å². The predicted molar refractivity (Wildman–Crippen MR) is 82.1 cm³/mol. The fourth-order valence-electron chi connectivity index (χ4n) is 3.79. The smallest absolute Gasteiger partial charge is 0.0593 e. The molecule has 0 bridgehead atoms. The van der Waals surface area contributed by atoms with Crippen LogP contribution in [0.2, 0.25) is 0 Å². The lowest BCUT2D eigenvalue weighted by molar-refractivity contribution is -0.0460. The third kappa shape index (κ3) is 2.03. The molecule has 4 rings (SSSR count). The summed E-state index contributed by atoms with van der Waals surface area (Å²) >= 11 is 0. The molecule has 0 amide bonds. The average Bonchev–Trinajstić information content (AvgIpc) is 2.54. The summed E-state index contributed by atoms with van der Waals surface area (Å²) in [6.45, 7) is 2.00. The molecule has 0 unspecified atom stereocenters. The Labute approximate surface area is 124 Å². The summed E-state index contributed by atoms with van der Waals surface area (Å²) in [6.07, 6.45) is 3.70. The first-order valence-electron chi connectivity index (χ1n) is 7.47. The molecular weight excluding hydrogens is 262 g/mol. The Kier molecular flexibility index (Phi) is 3.13. The number of nitrogens with zero attached hydrogens (tertiary/aromatic N) is 2. The van der Waals surface area contributed by atoms with Crippen LogP contribution in [0.25, 0.3) is 0 Å². The highest BCUT2D eigenvalue weighted by Gasteiger charge is 2.50. The van der Waals surface area contributed by atoms with E-state index in [0.29, 0.717) is 12.0 Å². The first-order chi connectivity index (χ1) is 10.4. The van der Waals surface area contributed by atoms with Gasteiger partial charge in [0.15, 0.2) is 0 Å². The van der Waals surface area contributed by atoms with Crippen LogP contribution >= 0.6 is 0 Å². The summed E-state index contributed by atoms with van der Waals surface area (Å²) in [5, 5.41) is 13.3. The second-order valence-corrected chi connectivity index (χ2v) is 5.84. The molecule has 2 aliphatic heterocycles. The van der Waals surface area contributed by atoms with Gasteiger partial charge < -0.3 is 10.4 Å².